The standard InChI is InChI=1S/C6H11N3O/c1-2-3-5-6(4-7)10-9(5)8/h3-4H,2,7-8H2,1H3/b5-3+,6-4+. The van der Waals surface area contributed by atoms with Crippen molar-refractivity contribution in [2.75, 3.05) is 5.84 Å². The van der Waals surface area contributed by atoms with Gasteiger partial charge in [0.15, 0.2) is 0 Å². The molecule has 0 saturated heterocycles. The van der Waals surface area contributed by atoms with Crippen molar-refractivity contribution < 1.29 is 4.52 Å². The summed E-state index contributed by atoms with van der Waals surface area (Å²) in [6.45, 7) is 2.02. The van der Waals surface area contributed by atoms with E-state index in [9.17, 15) is 0 Å². The molecule has 4 N–H and O–H groups in total. The van der Waals surface area contributed by atoms with E-state index >= 15 is 0 Å². The second-order valence-electron chi connectivity index (χ2n) is 1.95. The van der Waals surface area contributed by atoms with Crippen LogP contribution >= 0.6 is 0 Å². The summed E-state index contributed by atoms with van der Waals surface area (Å²) < 4.78 is 4.83. The minimum absolute atomic E-state index is 0.643. The van der Waals surface area contributed by atoms with Gasteiger partial charge in [0.25, 0.3) is 0 Å². The van der Waals surface area contributed by atoms with E-state index in [0.29, 0.717) is 5.42 Å². The molecule has 0 aliphatic carbocycles. The molecule has 0 atom stereocenters. The molecule has 0 fully saturated rings. The first-order valence-electron chi connectivity index (χ1n) is 3.14. The highest BCUT2D eigenvalue weighted by atomic mass is 16.5. The third-order valence-corrected chi connectivity index (χ3v) is 1.24. The highest BCUT2D eigenvalue weighted by molar-refractivity contribution is 5.21. The molecule has 0 saturated carbocycles. The molecule has 1 aromatic rings. The van der Waals surface area contributed by atoms with Crippen molar-refractivity contribution in [1.82, 2.24) is 4.85 Å². The molecule has 0 radical (unpaired) electrons. The van der Waals surface area contributed by atoms with Crippen molar-refractivity contribution >= 4 is 12.3 Å². The first-order chi connectivity index (χ1) is 4.79. The smallest absolute Gasteiger partial charge is 0.201 e. The number of aromatic nitrogens is 1. The Hall–Kier alpha value is -1.32. The number of hydrogen-bond donors (Lipinski definition) is 2. The molecule has 10 heavy (non-hydrogen) atoms. The average Bonchev–Trinajstić information content (AvgIpc) is 1.95. The van der Waals surface area contributed by atoms with Crippen molar-refractivity contribution in [2.24, 2.45) is 5.73 Å². The predicted molar refractivity (Wildman–Crippen MR) is 39.5 cm³/mol. The average molecular weight is 141 g/mol. The fourth-order valence-corrected chi connectivity index (χ4v) is 0.771. The van der Waals surface area contributed by atoms with Gasteiger partial charge < -0.3 is 16.1 Å². The minimum atomic E-state index is 0.643. The first-order valence-corrected chi connectivity index (χ1v) is 3.14. The van der Waals surface area contributed by atoms with Gasteiger partial charge in [-0.2, -0.15) is 0 Å². The van der Waals surface area contributed by atoms with Crippen LogP contribution in [0, 0.1) is 0 Å². The van der Waals surface area contributed by atoms with Crippen LogP contribution in [-0.4, -0.2) is 4.85 Å². The van der Waals surface area contributed by atoms with Gasteiger partial charge in [-0.3, -0.25) is 0 Å². The molecule has 4 nitrogen and oxygen atoms in total. The lowest BCUT2D eigenvalue weighted by Gasteiger charge is -2.02. The molecule has 0 aromatic carbocycles. The van der Waals surface area contributed by atoms with Gasteiger partial charge in [-0.1, -0.05) is 13.0 Å². The van der Waals surface area contributed by atoms with E-state index in [2.05, 4.69) is 0 Å². The second kappa shape index (κ2) is 2.51. The Morgan fingerprint density at radius 1 is 1.70 bits per heavy atom. The number of nitrogens with two attached hydrogens (primary N) is 2. The minimum Gasteiger partial charge on any atom is -0.401 e. The van der Waals surface area contributed by atoms with Gasteiger partial charge in [0.05, 0.1) is 0 Å². The Bertz CT molecular complexity index is 306. The van der Waals surface area contributed by atoms with E-state index in [1.165, 1.54) is 11.0 Å². The Morgan fingerprint density at radius 2 is 2.40 bits per heavy atom. The molecule has 0 aliphatic heterocycles. The Labute approximate surface area is 58.3 Å². The number of nitrogens with zero attached hydrogens (tertiary/aromatic N) is 1. The molecule has 0 amide bonds. The summed E-state index contributed by atoms with van der Waals surface area (Å²) in [6, 6.07) is 0. The van der Waals surface area contributed by atoms with Crippen molar-refractivity contribution in [3.8, 4) is 0 Å². The van der Waals surface area contributed by atoms with Crippen molar-refractivity contribution in [3.63, 3.8) is 0 Å². The largest absolute Gasteiger partial charge is 0.401 e. The molecule has 56 valence electrons. The number of rotatable bonds is 1. The van der Waals surface area contributed by atoms with Gasteiger partial charge in [-0.15, -0.1) is 4.85 Å². The third kappa shape index (κ3) is 0.877. The van der Waals surface area contributed by atoms with E-state index in [0.717, 1.165) is 11.8 Å². The highest BCUT2D eigenvalue weighted by Gasteiger charge is 1.95. The third-order valence-electron chi connectivity index (χ3n) is 1.24. The van der Waals surface area contributed by atoms with Crippen LogP contribution < -0.4 is 22.3 Å². The zero-order chi connectivity index (χ0) is 7.56. The number of hydrogen-bond acceptors (Lipinski definition) is 3. The van der Waals surface area contributed by atoms with Crippen molar-refractivity contribution in [2.45, 2.75) is 13.3 Å². The van der Waals surface area contributed by atoms with Crippen LogP contribution in [0.25, 0.3) is 12.3 Å². The monoisotopic (exact) mass is 141 g/mol. The second-order valence-corrected chi connectivity index (χ2v) is 1.95. The molecule has 1 aromatic heterocycles. The van der Waals surface area contributed by atoms with E-state index in [-0.39, 0.29) is 0 Å². The molecule has 1 heterocycles. The molecule has 0 aliphatic rings. The fraction of sp³-hybridized carbons (Fsp3) is 0.333. The topological polar surface area (TPSA) is 70.1 Å². The molecule has 0 spiro atoms. The predicted octanol–water partition coefficient (Wildman–Crippen LogP) is -1.32. The first kappa shape index (κ1) is 6.80. The lowest BCUT2D eigenvalue weighted by molar-refractivity contribution is 0.220. The van der Waals surface area contributed by atoms with Crippen LogP contribution in [0.5, 0.6) is 0 Å². The lowest BCUT2D eigenvalue weighted by Crippen LogP contribution is -2.47. The van der Waals surface area contributed by atoms with Gasteiger partial charge in [0.2, 0.25) is 5.42 Å². The Morgan fingerprint density at radius 3 is 2.80 bits per heavy atom. The molecular formula is C6H11N3O. The molecule has 1 rings (SSSR count). The van der Waals surface area contributed by atoms with E-state index in [1.807, 2.05) is 13.0 Å². The summed E-state index contributed by atoms with van der Waals surface area (Å²) in [5.74, 6) is 5.32. The maximum Gasteiger partial charge on any atom is 0.201 e. The van der Waals surface area contributed by atoms with E-state index in [4.69, 9.17) is 16.1 Å². The van der Waals surface area contributed by atoms with Crippen LogP contribution in [0.3, 0.4) is 0 Å². The van der Waals surface area contributed by atoms with E-state index in [1.54, 1.807) is 0 Å². The molecule has 0 bridgehead atoms. The van der Waals surface area contributed by atoms with Crippen molar-refractivity contribution in [1.29, 1.82) is 0 Å². The van der Waals surface area contributed by atoms with Gasteiger partial charge in [0.1, 0.15) is 5.35 Å². The zero-order valence-corrected chi connectivity index (χ0v) is 5.87. The molecule has 4 heteroatoms. The van der Waals surface area contributed by atoms with Crippen LogP contribution in [0.15, 0.2) is 4.52 Å². The van der Waals surface area contributed by atoms with Crippen molar-refractivity contribution in [3.05, 3.63) is 10.8 Å². The fourth-order valence-electron chi connectivity index (χ4n) is 0.771. The summed E-state index contributed by atoms with van der Waals surface area (Å²) in [5.41, 5.74) is 5.85. The molecular weight excluding hydrogens is 130 g/mol. The summed E-state index contributed by atoms with van der Waals surface area (Å²) in [5, 5.41) is 0.852. The highest BCUT2D eigenvalue weighted by Crippen LogP contribution is 1.73. The van der Waals surface area contributed by atoms with Crippen LogP contribution in [0.2, 0.25) is 0 Å². The van der Waals surface area contributed by atoms with Gasteiger partial charge in [0, 0.05) is 6.20 Å². The summed E-state index contributed by atoms with van der Waals surface area (Å²) in [4.78, 5) is 1.20. The summed E-state index contributed by atoms with van der Waals surface area (Å²) in [7, 11) is 0. The maximum absolute atomic E-state index is 5.32. The summed E-state index contributed by atoms with van der Waals surface area (Å²) >= 11 is 0. The normalized spacial score (nSPS) is 14.9. The van der Waals surface area contributed by atoms with Gasteiger partial charge >= 0.3 is 0 Å². The Kier molecular flexibility index (Phi) is 1.71. The van der Waals surface area contributed by atoms with Gasteiger partial charge in [-0.05, 0) is 6.42 Å². The van der Waals surface area contributed by atoms with Crippen LogP contribution in [0.1, 0.15) is 13.3 Å². The maximum atomic E-state index is 5.32. The zero-order valence-electron chi connectivity index (χ0n) is 5.87. The quantitative estimate of drug-likeness (QED) is 0.477. The lowest BCUT2D eigenvalue weighted by atomic mass is 10.4. The SMILES string of the molecule is CC/C=c1\c(=C/N)on1N. The molecule has 0 unspecified atom stereocenters. The van der Waals surface area contributed by atoms with Gasteiger partial charge in [-0.25, -0.2) is 0 Å². The Balaban J connectivity index is 3.17. The van der Waals surface area contributed by atoms with Crippen LogP contribution in [-0.2, 0) is 0 Å². The van der Waals surface area contributed by atoms with Crippen LogP contribution in [0.4, 0.5) is 0 Å². The van der Waals surface area contributed by atoms with E-state index < -0.39 is 0 Å². The summed E-state index contributed by atoms with van der Waals surface area (Å²) in [6.07, 6.45) is 4.26. The number of nitrogen functional groups attached to an aromatic ring is 1.